The van der Waals surface area contributed by atoms with E-state index in [1.165, 1.54) is 23.1 Å². The highest BCUT2D eigenvalue weighted by molar-refractivity contribution is 5.87. The maximum atomic E-state index is 12.9. The molecule has 2 heterocycles. The van der Waals surface area contributed by atoms with Crippen LogP contribution in [0.3, 0.4) is 0 Å². The SMILES string of the molecule is Cc1c(CC(C)N)c2ccccc2n1CC(=O)N1CCCCC1C.Cl. The van der Waals surface area contributed by atoms with Crippen LogP contribution >= 0.6 is 12.4 Å². The molecule has 2 unspecified atom stereocenters. The first-order valence-corrected chi connectivity index (χ1v) is 9.10. The molecule has 1 aliphatic heterocycles. The number of aromatic nitrogens is 1. The van der Waals surface area contributed by atoms with E-state index in [2.05, 4.69) is 41.5 Å². The predicted octanol–water partition coefficient (Wildman–Crippen LogP) is 3.66. The van der Waals surface area contributed by atoms with Crippen molar-refractivity contribution in [3.8, 4) is 0 Å². The van der Waals surface area contributed by atoms with Gasteiger partial charge in [0.1, 0.15) is 6.54 Å². The molecule has 0 saturated carbocycles. The molecule has 3 rings (SSSR count). The summed E-state index contributed by atoms with van der Waals surface area (Å²) in [5, 5.41) is 1.23. The molecule has 25 heavy (non-hydrogen) atoms. The maximum absolute atomic E-state index is 12.9. The minimum atomic E-state index is 0. The molecular formula is C20H30ClN3O. The number of amides is 1. The van der Waals surface area contributed by atoms with Crippen molar-refractivity contribution >= 4 is 29.2 Å². The van der Waals surface area contributed by atoms with Gasteiger partial charge in [-0.2, -0.15) is 0 Å². The van der Waals surface area contributed by atoms with Crippen molar-refractivity contribution in [2.75, 3.05) is 6.54 Å². The summed E-state index contributed by atoms with van der Waals surface area (Å²) in [5.74, 6) is 0.235. The summed E-state index contributed by atoms with van der Waals surface area (Å²) in [5.41, 5.74) is 9.64. The lowest BCUT2D eigenvalue weighted by molar-refractivity contribution is -0.135. The third kappa shape index (κ3) is 4.01. The molecule has 1 saturated heterocycles. The van der Waals surface area contributed by atoms with Gasteiger partial charge in [0.05, 0.1) is 0 Å². The highest BCUT2D eigenvalue weighted by Crippen LogP contribution is 2.27. The molecular weight excluding hydrogens is 334 g/mol. The van der Waals surface area contributed by atoms with E-state index in [0.29, 0.717) is 12.6 Å². The molecule has 1 aliphatic rings. The number of para-hydroxylation sites is 1. The van der Waals surface area contributed by atoms with E-state index in [0.717, 1.165) is 31.3 Å². The molecule has 2 aromatic rings. The van der Waals surface area contributed by atoms with E-state index in [4.69, 9.17) is 5.73 Å². The average molecular weight is 364 g/mol. The van der Waals surface area contributed by atoms with Gasteiger partial charge < -0.3 is 15.2 Å². The number of fused-ring (bicyclic) bond motifs is 1. The van der Waals surface area contributed by atoms with Gasteiger partial charge in [0.15, 0.2) is 0 Å². The van der Waals surface area contributed by atoms with E-state index >= 15 is 0 Å². The second kappa shape index (κ2) is 8.24. The lowest BCUT2D eigenvalue weighted by Crippen LogP contribution is -2.43. The molecule has 1 amide bonds. The number of likely N-dealkylation sites (tertiary alicyclic amines) is 1. The molecule has 0 bridgehead atoms. The number of hydrogen-bond acceptors (Lipinski definition) is 2. The van der Waals surface area contributed by atoms with Crippen LogP contribution in [-0.4, -0.2) is 34.0 Å². The smallest absolute Gasteiger partial charge is 0.242 e. The number of benzene rings is 1. The number of carbonyl (C=O) groups excluding carboxylic acids is 1. The first-order valence-electron chi connectivity index (χ1n) is 9.10. The van der Waals surface area contributed by atoms with Crippen molar-refractivity contribution in [2.45, 2.75) is 65.1 Å². The Kier molecular flexibility index (Phi) is 6.53. The second-order valence-electron chi connectivity index (χ2n) is 7.28. The summed E-state index contributed by atoms with van der Waals surface area (Å²) < 4.78 is 2.18. The summed E-state index contributed by atoms with van der Waals surface area (Å²) in [7, 11) is 0. The molecule has 1 aromatic heterocycles. The Morgan fingerprint density at radius 2 is 2.04 bits per heavy atom. The number of carbonyl (C=O) groups is 1. The average Bonchev–Trinajstić information content (AvgIpc) is 2.81. The van der Waals surface area contributed by atoms with Crippen molar-refractivity contribution in [3.05, 3.63) is 35.5 Å². The highest BCUT2D eigenvalue weighted by Gasteiger charge is 2.24. The number of rotatable bonds is 4. The fourth-order valence-electron chi connectivity index (χ4n) is 3.98. The number of nitrogens with two attached hydrogens (primary N) is 1. The molecule has 0 aliphatic carbocycles. The summed E-state index contributed by atoms with van der Waals surface area (Å²) in [6.45, 7) is 7.64. The Labute approximate surface area is 156 Å². The molecule has 1 aromatic carbocycles. The molecule has 0 spiro atoms. The Bertz CT molecular complexity index is 738. The van der Waals surface area contributed by atoms with Gasteiger partial charge >= 0.3 is 0 Å². The van der Waals surface area contributed by atoms with Gasteiger partial charge in [-0.15, -0.1) is 12.4 Å². The Hall–Kier alpha value is -1.52. The van der Waals surface area contributed by atoms with E-state index in [1.54, 1.807) is 0 Å². The lowest BCUT2D eigenvalue weighted by Gasteiger charge is -2.33. The van der Waals surface area contributed by atoms with Crippen LogP contribution in [-0.2, 0) is 17.8 Å². The maximum Gasteiger partial charge on any atom is 0.242 e. The fourth-order valence-corrected chi connectivity index (χ4v) is 3.98. The van der Waals surface area contributed by atoms with E-state index < -0.39 is 0 Å². The number of nitrogens with zero attached hydrogens (tertiary/aromatic N) is 2. The largest absolute Gasteiger partial charge is 0.338 e. The van der Waals surface area contributed by atoms with Gasteiger partial charge in [0, 0.05) is 35.2 Å². The van der Waals surface area contributed by atoms with Gasteiger partial charge in [-0.25, -0.2) is 0 Å². The van der Waals surface area contributed by atoms with E-state index in [1.807, 2.05) is 13.0 Å². The zero-order valence-electron chi connectivity index (χ0n) is 15.5. The fraction of sp³-hybridized carbons (Fsp3) is 0.550. The first-order chi connectivity index (χ1) is 11.5. The Balaban J connectivity index is 0.00000225. The molecule has 2 N–H and O–H groups in total. The minimum absolute atomic E-state index is 0. The van der Waals surface area contributed by atoms with Gasteiger partial charge in [-0.1, -0.05) is 18.2 Å². The summed E-state index contributed by atoms with van der Waals surface area (Å²) in [4.78, 5) is 14.9. The number of hydrogen-bond donors (Lipinski definition) is 1. The normalized spacial score (nSPS) is 18.9. The highest BCUT2D eigenvalue weighted by atomic mass is 35.5. The molecule has 1 fully saturated rings. The summed E-state index contributed by atoms with van der Waals surface area (Å²) in [6.07, 6.45) is 4.31. The lowest BCUT2D eigenvalue weighted by atomic mass is 10.0. The monoisotopic (exact) mass is 363 g/mol. The third-order valence-electron chi connectivity index (χ3n) is 5.30. The van der Waals surface area contributed by atoms with Crippen LogP contribution in [0.15, 0.2) is 24.3 Å². The first kappa shape index (κ1) is 19.8. The predicted molar refractivity (Wildman–Crippen MR) is 106 cm³/mol. The topological polar surface area (TPSA) is 51.3 Å². The van der Waals surface area contributed by atoms with Crippen molar-refractivity contribution in [1.29, 1.82) is 0 Å². The molecule has 4 nitrogen and oxygen atoms in total. The standard InChI is InChI=1S/C20H29N3O.ClH/c1-14(21)12-18-16(3)23(19-10-5-4-9-17(18)19)13-20(24)22-11-7-6-8-15(22)2;/h4-5,9-10,14-15H,6-8,11-13,21H2,1-3H3;1H. The second-order valence-corrected chi connectivity index (χ2v) is 7.28. The molecule has 138 valence electrons. The van der Waals surface area contributed by atoms with Crippen LogP contribution < -0.4 is 5.73 Å². The van der Waals surface area contributed by atoms with E-state index in [-0.39, 0.29) is 24.4 Å². The van der Waals surface area contributed by atoms with Gasteiger partial charge in [0.25, 0.3) is 0 Å². The third-order valence-corrected chi connectivity index (χ3v) is 5.30. The zero-order valence-corrected chi connectivity index (χ0v) is 16.3. The zero-order chi connectivity index (χ0) is 17.3. The van der Waals surface area contributed by atoms with Gasteiger partial charge in [-0.05, 0) is 58.1 Å². The molecule has 0 radical (unpaired) electrons. The van der Waals surface area contributed by atoms with Crippen LogP contribution in [0, 0.1) is 6.92 Å². The Morgan fingerprint density at radius 3 is 2.72 bits per heavy atom. The van der Waals surface area contributed by atoms with Crippen LogP contribution in [0.4, 0.5) is 0 Å². The number of halogens is 1. The van der Waals surface area contributed by atoms with Gasteiger partial charge in [-0.3, -0.25) is 4.79 Å². The van der Waals surface area contributed by atoms with Crippen molar-refractivity contribution in [1.82, 2.24) is 9.47 Å². The quantitative estimate of drug-likeness (QED) is 0.901. The van der Waals surface area contributed by atoms with Crippen LogP contribution in [0.5, 0.6) is 0 Å². The summed E-state index contributed by atoms with van der Waals surface area (Å²) in [6, 6.07) is 8.83. The van der Waals surface area contributed by atoms with Crippen molar-refractivity contribution in [3.63, 3.8) is 0 Å². The minimum Gasteiger partial charge on any atom is -0.338 e. The van der Waals surface area contributed by atoms with Crippen LogP contribution in [0.25, 0.3) is 10.9 Å². The summed E-state index contributed by atoms with van der Waals surface area (Å²) >= 11 is 0. The number of piperidine rings is 1. The van der Waals surface area contributed by atoms with Gasteiger partial charge in [0.2, 0.25) is 5.91 Å². The van der Waals surface area contributed by atoms with Crippen LogP contribution in [0.1, 0.15) is 44.4 Å². The molecule has 5 heteroatoms. The van der Waals surface area contributed by atoms with Crippen LogP contribution in [0.2, 0.25) is 0 Å². The van der Waals surface area contributed by atoms with Crippen molar-refractivity contribution in [2.24, 2.45) is 5.73 Å². The van der Waals surface area contributed by atoms with Crippen molar-refractivity contribution < 1.29 is 4.79 Å². The van der Waals surface area contributed by atoms with E-state index in [9.17, 15) is 4.79 Å². The Morgan fingerprint density at radius 1 is 1.32 bits per heavy atom. The molecule has 2 atom stereocenters.